The number of nitrogens with one attached hydrogen (secondary N) is 2. The molecule has 10 nitrogen and oxygen atoms in total. The minimum Gasteiger partial charge on any atom is -0.446 e. The van der Waals surface area contributed by atoms with E-state index in [1.165, 1.54) is 0 Å². The normalized spacial score (nSPS) is 16.3. The van der Waals surface area contributed by atoms with Crippen molar-refractivity contribution in [2.45, 2.75) is 38.3 Å². The number of ether oxygens (including phenoxy) is 2. The second-order valence-electron chi connectivity index (χ2n) is 12.7. The lowest BCUT2D eigenvalue weighted by Crippen LogP contribution is -2.42. The lowest BCUT2D eigenvalue weighted by molar-refractivity contribution is -0.126. The standard InChI is InChI=1S/C38H49N5O5/c1-41(37(45)32-14-12-29(13-15-32)28-43-21-16-31(17-22-43)36(44)39-20-27-47-2)25-26-42-23-18-33(19-24-42)48-38(46)40-35-11-7-6-10-34(35)30-8-4-3-5-9-30/h3-15,31,33H,16-28H2,1-2H3,(H,39,44)(H,40,46). The molecule has 2 heterocycles. The van der Waals surface area contributed by atoms with Gasteiger partial charge in [0.2, 0.25) is 5.91 Å². The zero-order valence-corrected chi connectivity index (χ0v) is 28.2. The summed E-state index contributed by atoms with van der Waals surface area (Å²) in [6.45, 7) is 6.67. The van der Waals surface area contributed by atoms with Crippen LogP contribution in [-0.2, 0) is 20.8 Å². The zero-order chi connectivity index (χ0) is 33.7. The average Bonchev–Trinajstić information content (AvgIpc) is 3.12. The molecule has 2 aliphatic heterocycles. The number of para-hydroxylation sites is 1. The van der Waals surface area contributed by atoms with Gasteiger partial charge in [0.1, 0.15) is 6.10 Å². The Morgan fingerprint density at radius 3 is 2.21 bits per heavy atom. The van der Waals surface area contributed by atoms with Gasteiger partial charge in [0.25, 0.3) is 5.91 Å². The predicted octanol–water partition coefficient (Wildman–Crippen LogP) is 5.11. The number of hydrogen-bond acceptors (Lipinski definition) is 7. The number of benzene rings is 3. The summed E-state index contributed by atoms with van der Waals surface area (Å²) in [5.74, 6) is 0.195. The van der Waals surface area contributed by atoms with Gasteiger partial charge in [-0.25, -0.2) is 4.79 Å². The Kier molecular flexibility index (Phi) is 13.0. The molecular weight excluding hydrogens is 606 g/mol. The molecule has 2 N–H and O–H groups in total. The van der Waals surface area contributed by atoms with Crippen LogP contribution in [0.25, 0.3) is 11.1 Å². The first-order chi connectivity index (χ1) is 23.4. The van der Waals surface area contributed by atoms with Gasteiger partial charge in [0.15, 0.2) is 0 Å². The molecule has 0 bridgehead atoms. The number of amides is 3. The number of likely N-dealkylation sites (N-methyl/N-ethyl adjacent to an activating group) is 1. The molecule has 2 fully saturated rings. The molecule has 2 aliphatic rings. The van der Waals surface area contributed by atoms with Crippen molar-refractivity contribution in [2.75, 3.05) is 71.9 Å². The number of carbonyl (C=O) groups is 3. The molecule has 2 saturated heterocycles. The number of hydrogen-bond donors (Lipinski definition) is 2. The molecule has 0 saturated carbocycles. The zero-order valence-electron chi connectivity index (χ0n) is 28.2. The van der Waals surface area contributed by atoms with Crippen molar-refractivity contribution in [3.63, 3.8) is 0 Å². The van der Waals surface area contributed by atoms with E-state index in [0.29, 0.717) is 25.3 Å². The van der Waals surface area contributed by atoms with E-state index in [-0.39, 0.29) is 23.8 Å². The number of rotatable bonds is 13. The topological polar surface area (TPSA) is 103 Å². The highest BCUT2D eigenvalue weighted by molar-refractivity contribution is 5.94. The molecule has 0 spiro atoms. The Bertz CT molecular complexity index is 1470. The van der Waals surface area contributed by atoms with E-state index in [1.807, 2.05) is 85.9 Å². The molecule has 0 aliphatic carbocycles. The highest BCUT2D eigenvalue weighted by Gasteiger charge is 2.26. The summed E-state index contributed by atoms with van der Waals surface area (Å²) in [7, 11) is 3.48. The highest BCUT2D eigenvalue weighted by Crippen LogP contribution is 2.28. The quantitative estimate of drug-likeness (QED) is 0.247. The molecule has 48 heavy (non-hydrogen) atoms. The van der Waals surface area contributed by atoms with Crippen LogP contribution in [0, 0.1) is 5.92 Å². The predicted molar refractivity (Wildman–Crippen MR) is 188 cm³/mol. The van der Waals surface area contributed by atoms with Crippen molar-refractivity contribution < 1.29 is 23.9 Å². The maximum Gasteiger partial charge on any atom is 0.411 e. The first-order valence-corrected chi connectivity index (χ1v) is 17.1. The maximum atomic E-state index is 13.1. The fourth-order valence-electron chi connectivity index (χ4n) is 6.40. The Hall–Kier alpha value is -4.25. The fourth-order valence-corrected chi connectivity index (χ4v) is 6.40. The van der Waals surface area contributed by atoms with Gasteiger partial charge in [-0.05, 0) is 68.1 Å². The molecule has 10 heteroatoms. The molecule has 0 radical (unpaired) electrons. The Morgan fingerprint density at radius 2 is 1.50 bits per heavy atom. The summed E-state index contributed by atoms with van der Waals surface area (Å²) >= 11 is 0. The van der Waals surface area contributed by atoms with Crippen LogP contribution < -0.4 is 10.6 Å². The Balaban J connectivity index is 0.988. The van der Waals surface area contributed by atoms with Crippen LogP contribution in [0.3, 0.4) is 0 Å². The Morgan fingerprint density at radius 1 is 0.833 bits per heavy atom. The fraction of sp³-hybridized carbons (Fsp3) is 0.447. The minimum atomic E-state index is -0.434. The van der Waals surface area contributed by atoms with Crippen molar-refractivity contribution in [1.82, 2.24) is 20.0 Å². The summed E-state index contributed by atoms with van der Waals surface area (Å²) in [6, 6.07) is 25.6. The van der Waals surface area contributed by atoms with Crippen LogP contribution in [-0.4, -0.2) is 105 Å². The van der Waals surface area contributed by atoms with E-state index < -0.39 is 6.09 Å². The van der Waals surface area contributed by atoms with Crippen LogP contribution in [0.15, 0.2) is 78.9 Å². The number of anilines is 1. The van der Waals surface area contributed by atoms with Crippen molar-refractivity contribution in [2.24, 2.45) is 5.92 Å². The van der Waals surface area contributed by atoms with Gasteiger partial charge >= 0.3 is 6.09 Å². The molecule has 5 rings (SSSR count). The van der Waals surface area contributed by atoms with Gasteiger partial charge in [0, 0.05) is 70.5 Å². The molecule has 3 amide bonds. The van der Waals surface area contributed by atoms with Crippen LogP contribution >= 0.6 is 0 Å². The lowest BCUT2D eigenvalue weighted by atomic mass is 9.95. The first-order valence-electron chi connectivity index (χ1n) is 17.1. The lowest BCUT2D eigenvalue weighted by Gasteiger charge is -2.32. The number of nitrogens with zero attached hydrogens (tertiary/aromatic N) is 3. The molecular formula is C38H49N5O5. The smallest absolute Gasteiger partial charge is 0.411 e. The summed E-state index contributed by atoms with van der Waals surface area (Å²) in [5, 5.41) is 5.89. The van der Waals surface area contributed by atoms with Crippen LogP contribution in [0.4, 0.5) is 10.5 Å². The third-order valence-corrected chi connectivity index (χ3v) is 9.33. The number of carbonyl (C=O) groups excluding carboxylic acids is 3. The van der Waals surface area contributed by atoms with Crippen molar-refractivity contribution in [3.05, 3.63) is 90.0 Å². The summed E-state index contributed by atoms with van der Waals surface area (Å²) in [5.41, 5.74) is 4.56. The van der Waals surface area contributed by atoms with E-state index in [1.54, 1.807) is 12.0 Å². The first kappa shape index (κ1) is 35.1. The SMILES string of the molecule is COCCNC(=O)C1CCN(Cc2ccc(C(=O)N(C)CCN3CCC(OC(=O)Nc4ccccc4-c4ccccc4)CC3)cc2)CC1. The van der Waals surface area contributed by atoms with Crippen LogP contribution in [0.5, 0.6) is 0 Å². The molecule has 256 valence electrons. The second kappa shape index (κ2) is 17.8. The third kappa shape index (κ3) is 10.1. The van der Waals surface area contributed by atoms with Gasteiger partial charge in [-0.2, -0.15) is 0 Å². The largest absolute Gasteiger partial charge is 0.446 e. The van der Waals surface area contributed by atoms with Gasteiger partial charge in [-0.3, -0.25) is 19.8 Å². The highest BCUT2D eigenvalue weighted by atomic mass is 16.6. The maximum absolute atomic E-state index is 13.1. The summed E-state index contributed by atoms with van der Waals surface area (Å²) < 4.78 is 10.8. The Labute approximate surface area is 284 Å². The van der Waals surface area contributed by atoms with Crippen LogP contribution in [0.2, 0.25) is 0 Å². The van der Waals surface area contributed by atoms with E-state index in [9.17, 15) is 14.4 Å². The number of likely N-dealkylation sites (tertiary alicyclic amines) is 2. The summed E-state index contributed by atoms with van der Waals surface area (Å²) in [4.78, 5) is 44.7. The van der Waals surface area contributed by atoms with Gasteiger partial charge in [-0.1, -0.05) is 60.7 Å². The van der Waals surface area contributed by atoms with Gasteiger partial charge in [-0.15, -0.1) is 0 Å². The number of methoxy groups -OCH3 is 1. The molecule has 3 aromatic rings. The summed E-state index contributed by atoms with van der Waals surface area (Å²) in [6.07, 6.45) is 2.64. The van der Waals surface area contributed by atoms with Crippen LogP contribution in [0.1, 0.15) is 41.6 Å². The molecule has 0 atom stereocenters. The monoisotopic (exact) mass is 655 g/mol. The van der Waals surface area contributed by atoms with E-state index in [0.717, 1.165) is 87.3 Å². The molecule has 3 aromatic carbocycles. The van der Waals surface area contributed by atoms with E-state index in [4.69, 9.17) is 9.47 Å². The molecule has 0 unspecified atom stereocenters. The average molecular weight is 656 g/mol. The van der Waals surface area contributed by atoms with Gasteiger partial charge < -0.3 is 24.6 Å². The van der Waals surface area contributed by atoms with Crippen molar-refractivity contribution in [3.8, 4) is 11.1 Å². The molecule has 0 aromatic heterocycles. The van der Waals surface area contributed by atoms with E-state index in [2.05, 4.69) is 20.4 Å². The third-order valence-electron chi connectivity index (χ3n) is 9.33. The minimum absolute atomic E-state index is 0.00697. The van der Waals surface area contributed by atoms with Crippen molar-refractivity contribution >= 4 is 23.6 Å². The van der Waals surface area contributed by atoms with Gasteiger partial charge in [0.05, 0.1) is 12.3 Å². The van der Waals surface area contributed by atoms with Crippen molar-refractivity contribution in [1.29, 1.82) is 0 Å². The second-order valence-corrected chi connectivity index (χ2v) is 12.7. The van der Waals surface area contributed by atoms with E-state index >= 15 is 0 Å². The number of piperidine rings is 2.